The van der Waals surface area contributed by atoms with Crippen molar-refractivity contribution in [2.45, 2.75) is 57.0 Å². The van der Waals surface area contributed by atoms with Crippen LogP contribution in [0.4, 0.5) is 4.39 Å². The van der Waals surface area contributed by atoms with Gasteiger partial charge in [0.1, 0.15) is 5.82 Å². The Morgan fingerprint density at radius 1 is 1.13 bits per heavy atom. The van der Waals surface area contributed by atoms with Gasteiger partial charge in [0, 0.05) is 17.9 Å². The summed E-state index contributed by atoms with van der Waals surface area (Å²) in [5.41, 5.74) is 3.11. The lowest BCUT2D eigenvalue weighted by molar-refractivity contribution is -0.121. The molecule has 3 aromatic rings. The molecule has 158 valence electrons. The summed E-state index contributed by atoms with van der Waals surface area (Å²) in [6.07, 6.45) is 2.35. The minimum Gasteiger partial charge on any atom is -0.346 e. The molecule has 0 unspecified atom stereocenters. The molecule has 3 rings (SSSR count). The number of benzene rings is 2. The van der Waals surface area contributed by atoms with Crippen molar-refractivity contribution in [2.75, 3.05) is 0 Å². The van der Waals surface area contributed by atoms with E-state index >= 15 is 0 Å². The predicted molar refractivity (Wildman–Crippen MR) is 118 cm³/mol. The molecule has 1 heterocycles. The molecule has 30 heavy (non-hydrogen) atoms. The first kappa shape index (κ1) is 22.0. The summed E-state index contributed by atoms with van der Waals surface area (Å²) in [6, 6.07) is 14.3. The third kappa shape index (κ3) is 5.69. The monoisotopic (exact) mass is 426 g/mol. The quantitative estimate of drug-likeness (QED) is 0.467. The highest BCUT2D eigenvalue weighted by atomic mass is 32.2. The van der Waals surface area contributed by atoms with Gasteiger partial charge in [-0.25, -0.2) is 4.39 Å². The summed E-state index contributed by atoms with van der Waals surface area (Å²) in [5.74, 6) is 1.09. The fourth-order valence-corrected chi connectivity index (χ4v) is 3.95. The molecule has 1 amide bonds. The lowest BCUT2D eigenvalue weighted by Crippen LogP contribution is -2.28. The van der Waals surface area contributed by atoms with E-state index in [4.69, 9.17) is 0 Å². The normalized spacial score (nSPS) is 12.0. The SMILES string of the molecule is CCCCC(=O)N[C@H](C)c1nnc(SCc2ccc(F)cc2)n1-c1ccc(C)cc1. The van der Waals surface area contributed by atoms with E-state index in [1.165, 1.54) is 23.9 Å². The van der Waals surface area contributed by atoms with Crippen LogP contribution < -0.4 is 5.32 Å². The van der Waals surface area contributed by atoms with Gasteiger partial charge < -0.3 is 5.32 Å². The topological polar surface area (TPSA) is 59.8 Å². The second kappa shape index (κ2) is 10.4. The van der Waals surface area contributed by atoms with Crippen LogP contribution in [0.5, 0.6) is 0 Å². The zero-order valence-electron chi connectivity index (χ0n) is 17.6. The van der Waals surface area contributed by atoms with Crippen LogP contribution in [0.3, 0.4) is 0 Å². The first-order chi connectivity index (χ1) is 14.5. The van der Waals surface area contributed by atoms with Gasteiger partial charge in [-0.15, -0.1) is 10.2 Å². The number of thioether (sulfide) groups is 1. The highest BCUT2D eigenvalue weighted by Crippen LogP contribution is 2.28. The van der Waals surface area contributed by atoms with Crippen molar-refractivity contribution in [3.8, 4) is 5.69 Å². The fourth-order valence-electron chi connectivity index (χ4n) is 3.04. The average molecular weight is 427 g/mol. The lowest BCUT2D eigenvalue weighted by atomic mass is 10.2. The minimum absolute atomic E-state index is 0.0170. The van der Waals surface area contributed by atoms with Gasteiger partial charge in [0.05, 0.1) is 6.04 Å². The van der Waals surface area contributed by atoms with E-state index < -0.39 is 0 Å². The van der Waals surface area contributed by atoms with Crippen LogP contribution in [-0.4, -0.2) is 20.7 Å². The zero-order valence-corrected chi connectivity index (χ0v) is 18.4. The minimum atomic E-state index is -0.275. The number of unbranched alkanes of at least 4 members (excludes halogenated alkanes) is 1. The van der Waals surface area contributed by atoms with Crippen molar-refractivity contribution in [1.29, 1.82) is 0 Å². The second-order valence-corrected chi connectivity index (χ2v) is 8.26. The van der Waals surface area contributed by atoms with E-state index in [0.717, 1.165) is 34.8 Å². The molecular weight excluding hydrogens is 399 g/mol. The zero-order chi connectivity index (χ0) is 21.5. The van der Waals surface area contributed by atoms with Gasteiger partial charge in [-0.1, -0.05) is 54.9 Å². The molecular formula is C23H27FN4OS. The smallest absolute Gasteiger partial charge is 0.220 e. The molecule has 5 nitrogen and oxygen atoms in total. The number of halogens is 1. The molecule has 0 aliphatic heterocycles. The number of hydrogen-bond donors (Lipinski definition) is 1. The van der Waals surface area contributed by atoms with Crippen LogP contribution in [0.25, 0.3) is 5.69 Å². The van der Waals surface area contributed by atoms with E-state index in [2.05, 4.69) is 22.4 Å². The van der Waals surface area contributed by atoms with E-state index in [1.807, 2.05) is 42.7 Å². The number of hydrogen-bond acceptors (Lipinski definition) is 4. The van der Waals surface area contributed by atoms with Crippen LogP contribution in [0.2, 0.25) is 0 Å². The van der Waals surface area contributed by atoms with E-state index in [1.54, 1.807) is 12.1 Å². The third-order valence-corrected chi connectivity index (χ3v) is 5.75. The Morgan fingerprint density at radius 3 is 2.50 bits per heavy atom. The molecule has 2 aromatic carbocycles. The number of nitrogens with zero attached hydrogens (tertiary/aromatic N) is 3. The molecule has 1 aromatic heterocycles. The summed E-state index contributed by atoms with van der Waals surface area (Å²) in [5, 5.41) is 12.5. The van der Waals surface area contributed by atoms with Gasteiger partial charge >= 0.3 is 0 Å². The maximum absolute atomic E-state index is 13.2. The number of nitrogens with one attached hydrogen (secondary N) is 1. The van der Waals surface area contributed by atoms with Crippen LogP contribution >= 0.6 is 11.8 Å². The van der Waals surface area contributed by atoms with Gasteiger partial charge in [-0.2, -0.15) is 0 Å². The summed E-state index contributed by atoms with van der Waals surface area (Å²) in [6.45, 7) is 6.03. The Morgan fingerprint density at radius 2 is 1.83 bits per heavy atom. The molecule has 0 bridgehead atoms. The first-order valence-corrected chi connectivity index (χ1v) is 11.2. The molecule has 1 N–H and O–H groups in total. The van der Waals surface area contributed by atoms with E-state index in [-0.39, 0.29) is 17.8 Å². The van der Waals surface area contributed by atoms with Gasteiger partial charge in [0.2, 0.25) is 5.91 Å². The van der Waals surface area contributed by atoms with Crippen molar-refractivity contribution in [3.63, 3.8) is 0 Å². The van der Waals surface area contributed by atoms with Gasteiger partial charge in [-0.05, 0) is 50.1 Å². The van der Waals surface area contributed by atoms with Gasteiger partial charge in [0.25, 0.3) is 0 Å². The number of rotatable bonds is 9. The molecule has 1 atom stereocenters. The summed E-state index contributed by atoms with van der Waals surface area (Å²) in [7, 11) is 0. The summed E-state index contributed by atoms with van der Waals surface area (Å²) < 4.78 is 15.2. The highest BCUT2D eigenvalue weighted by Gasteiger charge is 2.21. The highest BCUT2D eigenvalue weighted by molar-refractivity contribution is 7.98. The summed E-state index contributed by atoms with van der Waals surface area (Å²) in [4.78, 5) is 12.2. The predicted octanol–water partition coefficient (Wildman–Crippen LogP) is 5.37. The van der Waals surface area contributed by atoms with Crippen LogP contribution in [-0.2, 0) is 10.5 Å². The van der Waals surface area contributed by atoms with Crippen molar-refractivity contribution in [2.24, 2.45) is 0 Å². The molecule has 0 saturated carbocycles. The maximum Gasteiger partial charge on any atom is 0.220 e. The molecule has 0 aliphatic carbocycles. The van der Waals surface area contributed by atoms with E-state index in [0.29, 0.717) is 18.0 Å². The largest absolute Gasteiger partial charge is 0.346 e. The second-order valence-electron chi connectivity index (χ2n) is 7.32. The first-order valence-electron chi connectivity index (χ1n) is 10.2. The Bertz CT molecular complexity index is 970. The van der Waals surface area contributed by atoms with Gasteiger partial charge in [0.15, 0.2) is 11.0 Å². The average Bonchev–Trinajstić information content (AvgIpc) is 3.16. The molecule has 0 aliphatic rings. The van der Waals surface area contributed by atoms with Crippen molar-refractivity contribution in [3.05, 3.63) is 71.3 Å². The number of amides is 1. The maximum atomic E-state index is 13.2. The van der Waals surface area contributed by atoms with Crippen LogP contribution in [0.15, 0.2) is 53.7 Å². The number of aryl methyl sites for hydroxylation is 1. The number of carbonyl (C=O) groups is 1. The Balaban J connectivity index is 1.85. The molecule has 0 spiro atoms. The Hall–Kier alpha value is -2.67. The third-order valence-electron chi connectivity index (χ3n) is 4.75. The van der Waals surface area contributed by atoms with Crippen molar-refractivity contribution >= 4 is 17.7 Å². The van der Waals surface area contributed by atoms with E-state index in [9.17, 15) is 9.18 Å². The fraction of sp³-hybridized carbons (Fsp3) is 0.348. The Labute approximate surface area is 181 Å². The molecule has 0 radical (unpaired) electrons. The lowest BCUT2D eigenvalue weighted by Gasteiger charge is -2.16. The summed E-state index contributed by atoms with van der Waals surface area (Å²) >= 11 is 1.53. The number of aromatic nitrogens is 3. The van der Waals surface area contributed by atoms with Crippen molar-refractivity contribution < 1.29 is 9.18 Å². The Kier molecular flexibility index (Phi) is 7.63. The number of carbonyl (C=O) groups excluding carboxylic acids is 1. The van der Waals surface area contributed by atoms with Crippen molar-refractivity contribution in [1.82, 2.24) is 20.1 Å². The molecule has 0 fully saturated rings. The van der Waals surface area contributed by atoms with Crippen LogP contribution in [0.1, 0.15) is 56.1 Å². The van der Waals surface area contributed by atoms with Crippen LogP contribution in [0, 0.1) is 12.7 Å². The standard InChI is InChI=1S/C23H27FN4OS/c1-4-5-6-21(29)25-17(3)22-26-27-23(28(22)20-13-7-16(2)8-14-20)30-15-18-9-11-19(24)12-10-18/h7-14,17H,4-6,15H2,1-3H3,(H,25,29)/t17-/m1/s1. The molecule has 7 heteroatoms. The molecule has 0 saturated heterocycles. The van der Waals surface area contributed by atoms with Gasteiger partial charge in [-0.3, -0.25) is 9.36 Å².